The van der Waals surface area contributed by atoms with Crippen LogP contribution >= 0.6 is 0 Å². The van der Waals surface area contributed by atoms with E-state index in [4.69, 9.17) is 10.2 Å². The molecule has 3 N–H and O–H groups in total. The zero-order valence-corrected chi connectivity index (χ0v) is 11.8. The molecule has 0 aliphatic heterocycles. The molecule has 0 aliphatic rings. The van der Waals surface area contributed by atoms with Crippen LogP contribution in [0.2, 0.25) is 0 Å². The summed E-state index contributed by atoms with van der Waals surface area (Å²) < 4.78 is 48.2. The maximum Gasteiger partial charge on any atom is 0.240 e. The summed E-state index contributed by atoms with van der Waals surface area (Å²) in [5.41, 5.74) is 0. The van der Waals surface area contributed by atoms with Gasteiger partial charge in [-0.3, -0.25) is 0 Å². The zero-order valence-electron chi connectivity index (χ0n) is 10.1. The molecule has 0 saturated carbocycles. The number of nitrogens with one attached hydrogen (secondary N) is 1. The van der Waals surface area contributed by atoms with Crippen molar-refractivity contribution in [3.8, 4) is 0 Å². The van der Waals surface area contributed by atoms with E-state index in [-0.39, 0.29) is 9.79 Å². The van der Waals surface area contributed by atoms with Gasteiger partial charge in [0.15, 0.2) is 9.84 Å². The minimum atomic E-state index is -3.91. The number of sulfonamides is 1. The lowest BCUT2D eigenvalue weighted by Gasteiger charge is -2.13. The molecule has 0 saturated heterocycles. The van der Waals surface area contributed by atoms with Crippen molar-refractivity contribution >= 4 is 19.9 Å². The topological polar surface area (TPSA) is 121 Å². The third kappa shape index (κ3) is 4.25. The van der Waals surface area contributed by atoms with Crippen LogP contribution in [-0.4, -0.2) is 52.6 Å². The SMILES string of the molecule is CS(=O)(=O)c1ccc(S(=O)(=O)NC(CO)CO)cc1. The molecule has 0 amide bonds. The number of aliphatic hydroxyl groups excluding tert-OH is 2. The van der Waals surface area contributed by atoms with E-state index >= 15 is 0 Å². The average molecular weight is 309 g/mol. The predicted octanol–water partition coefficient (Wildman–Crippen LogP) is -1.28. The number of hydrogen-bond donors (Lipinski definition) is 3. The third-order valence-corrected chi connectivity index (χ3v) is 4.99. The number of rotatable bonds is 6. The Bertz CT molecular complexity index is 616. The highest BCUT2D eigenvalue weighted by Gasteiger charge is 2.19. The number of hydrogen-bond acceptors (Lipinski definition) is 6. The number of benzene rings is 1. The van der Waals surface area contributed by atoms with Crippen molar-refractivity contribution in [2.24, 2.45) is 0 Å². The number of aliphatic hydroxyl groups is 2. The van der Waals surface area contributed by atoms with Gasteiger partial charge in [0.05, 0.1) is 29.0 Å². The molecule has 108 valence electrons. The van der Waals surface area contributed by atoms with Crippen LogP contribution in [0.15, 0.2) is 34.1 Å². The summed E-state index contributed by atoms with van der Waals surface area (Å²) in [4.78, 5) is -0.140. The van der Waals surface area contributed by atoms with Crippen LogP contribution in [-0.2, 0) is 19.9 Å². The van der Waals surface area contributed by atoms with Gasteiger partial charge in [0.1, 0.15) is 0 Å². The minimum Gasteiger partial charge on any atom is -0.395 e. The molecule has 0 radical (unpaired) electrons. The molecule has 0 aliphatic carbocycles. The fourth-order valence-corrected chi connectivity index (χ4v) is 3.13. The van der Waals surface area contributed by atoms with Gasteiger partial charge in [0, 0.05) is 6.26 Å². The molecular weight excluding hydrogens is 294 g/mol. The monoisotopic (exact) mass is 309 g/mol. The largest absolute Gasteiger partial charge is 0.395 e. The first-order valence-electron chi connectivity index (χ1n) is 5.25. The van der Waals surface area contributed by atoms with Gasteiger partial charge in [-0.1, -0.05) is 0 Å². The molecule has 9 heteroatoms. The lowest BCUT2D eigenvalue weighted by molar-refractivity contribution is 0.185. The van der Waals surface area contributed by atoms with Crippen LogP contribution in [0, 0.1) is 0 Å². The fraction of sp³-hybridized carbons (Fsp3) is 0.400. The highest BCUT2D eigenvalue weighted by atomic mass is 32.2. The second kappa shape index (κ2) is 5.97. The molecule has 0 atom stereocenters. The molecule has 0 unspecified atom stereocenters. The Morgan fingerprint density at radius 2 is 1.42 bits per heavy atom. The van der Waals surface area contributed by atoms with Crippen LogP contribution in [0.5, 0.6) is 0 Å². The maximum atomic E-state index is 11.8. The molecule has 0 aromatic heterocycles. The molecule has 1 aromatic rings. The Kier molecular flexibility index (Phi) is 5.04. The van der Waals surface area contributed by atoms with Crippen molar-refractivity contribution in [3.05, 3.63) is 24.3 Å². The maximum absolute atomic E-state index is 11.8. The molecule has 19 heavy (non-hydrogen) atoms. The van der Waals surface area contributed by atoms with E-state index in [1.165, 1.54) is 12.1 Å². The summed E-state index contributed by atoms with van der Waals surface area (Å²) in [7, 11) is -7.30. The van der Waals surface area contributed by atoms with E-state index in [1.807, 2.05) is 0 Å². The normalized spacial score (nSPS) is 12.8. The van der Waals surface area contributed by atoms with E-state index in [2.05, 4.69) is 4.72 Å². The first-order chi connectivity index (χ1) is 8.70. The Morgan fingerprint density at radius 1 is 1.00 bits per heavy atom. The summed E-state index contributed by atoms with van der Waals surface area (Å²) in [6, 6.07) is 3.64. The molecule has 0 heterocycles. The Balaban J connectivity index is 3.04. The van der Waals surface area contributed by atoms with E-state index in [1.54, 1.807) is 0 Å². The van der Waals surface area contributed by atoms with Gasteiger partial charge in [-0.2, -0.15) is 0 Å². The Morgan fingerprint density at radius 3 is 1.79 bits per heavy atom. The van der Waals surface area contributed by atoms with Gasteiger partial charge in [0.2, 0.25) is 10.0 Å². The van der Waals surface area contributed by atoms with Crippen molar-refractivity contribution in [1.82, 2.24) is 4.72 Å². The first-order valence-corrected chi connectivity index (χ1v) is 8.62. The van der Waals surface area contributed by atoms with Crippen LogP contribution < -0.4 is 4.72 Å². The summed E-state index contributed by atoms with van der Waals surface area (Å²) in [5, 5.41) is 17.6. The quantitative estimate of drug-likeness (QED) is 0.602. The lowest BCUT2D eigenvalue weighted by atomic mass is 10.4. The molecule has 0 fully saturated rings. The van der Waals surface area contributed by atoms with Crippen LogP contribution in [0.1, 0.15) is 0 Å². The van der Waals surface area contributed by atoms with Crippen molar-refractivity contribution in [1.29, 1.82) is 0 Å². The van der Waals surface area contributed by atoms with Gasteiger partial charge in [-0.15, -0.1) is 0 Å². The predicted molar refractivity (Wildman–Crippen MR) is 67.8 cm³/mol. The fourth-order valence-electron chi connectivity index (χ4n) is 1.29. The minimum absolute atomic E-state index is 0.00677. The van der Waals surface area contributed by atoms with Crippen LogP contribution in [0.3, 0.4) is 0 Å². The molecule has 1 rings (SSSR count). The Hall–Kier alpha value is -1.00. The van der Waals surface area contributed by atoms with E-state index in [0.29, 0.717) is 0 Å². The summed E-state index contributed by atoms with van der Waals surface area (Å²) in [5.74, 6) is 0. The van der Waals surface area contributed by atoms with Gasteiger partial charge in [-0.05, 0) is 24.3 Å². The van der Waals surface area contributed by atoms with Crippen LogP contribution in [0.25, 0.3) is 0 Å². The highest BCUT2D eigenvalue weighted by Crippen LogP contribution is 2.14. The van der Waals surface area contributed by atoms with E-state index in [0.717, 1.165) is 18.4 Å². The van der Waals surface area contributed by atoms with Gasteiger partial charge >= 0.3 is 0 Å². The highest BCUT2D eigenvalue weighted by molar-refractivity contribution is 7.90. The number of sulfone groups is 1. The van der Waals surface area contributed by atoms with Gasteiger partial charge in [-0.25, -0.2) is 21.6 Å². The summed E-state index contributed by atoms with van der Waals surface area (Å²) >= 11 is 0. The molecular formula is C10H15NO6S2. The lowest BCUT2D eigenvalue weighted by Crippen LogP contribution is -2.39. The molecule has 1 aromatic carbocycles. The third-order valence-electron chi connectivity index (χ3n) is 2.32. The molecule has 0 bridgehead atoms. The average Bonchev–Trinajstić information content (AvgIpc) is 2.35. The van der Waals surface area contributed by atoms with Crippen molar-refractivity contribution in [2.45, 2.75) is 15.8 Å². The molecule has 7 nitrogen and oxygen atoms in total. The summed E-state index contributed by atoms with van der Waals surface area (Å²) in [6.07, 6.45) is 1.02. The van der Waals surface area contributed by atoms with E-state index in [9.17, 15) is 16.8 Å². The summed E-state index contributed by atoms with van der Waals surface area (Å²) in [6.45, 7) is -1.09. The smallest absolute Gasteiger partial charge is 0.240 e. The van der Waals surface area contributed by atoms with E-state index < -0.39 is 39.1 Å². The molecule has 0 spiro atoms. The van der Waals surface area contributed by atoms with Crippen molar-refractivity contribution in [3.63, 3.8) is 0 Å². The van der Waals surface area contributed by atoms with Crippen molar-refractivity contribution in [2.75, 3.05) is 19.5 Å². The second-order valence-corrected chi connectivity index (χ2v) is 7.66. The van der Waals surface area contributed by atoms with Gasteiger partial charge < -0.3 is 10.2 Å². The Labute approximate surface area is 111 Å². The van der Waals surface area contributed by atoms with Crippen molar-refractivity contribution < 1.29 is 27.0 Å². The first kappa shape index (κ1) is 16.1. The second-order valence-electron chi connectivity index (χ2n) is 3.93. The standard InChI is InChI=1S/C10H15NO6S2/c1-18(14,15)9-2-4-10(5-3-9)19(16,17)11-8(6-12)7-13/h2-5,8,11-13H,6-7H2,1H3. The van der Waals surface area contributed by atoms with Gasteiger partial charge in [0.25, 0.3) is 0 Å². The zero-order chi connectivity index (χ0) is 14.7. The van der Waals surface area contributed by atoms with Crippen LogP contribution in [0.4, 0.5) is 0 Å².